The summed E-state index contributed by atoms with van der Waals surface area (Å²) in [6.45, 7) is 11.6. The molecule has 6 heteroatoms. The van der Waals surface area contributed by atoms with Crippen molar-refractivity contribution in [3.05, 3.63) is 16.5 Å². The molecule has 1 rings (SSSR count). The third kappa shape index (κ3) is 4.30. The van der Waals surface area contributed by atoms with Crippen LogP contribution in [0.5, 0.6) is 0 Å². The molecule has 0 aromatic carbocycles. The van der Waals surface area contributed by atoms with Crippen molar-refractivity contribution in [3.8, 4) is 0 Å². The van der Waals surface area contributed by atoms with E-state index in [1.165, 1.54) is 0 Å². The Balaban J connectivity index is 3.01. The molecule has 0 bridgehead atoms. The minimum atomic E-state index is 0.0859. The van der Waals surface area contributed by atoms with Crippen LogP contribution in [0.2, 0.25) is 5.15 Å². The number of hydrogen-bond donors (Lipinski definition) is 0. The summed E-state index contributed by atoms with van der Waals surface area (Å²) >= 11 is 6.19. The second kappa shape index (κ2) is 7.59. The lowest BCUT2D eigenvalue weighted by Gasteiger charge is -2.25. The molecule has 0 aliphatic rings. The number of likely N-dealkylation sites (N-methyl/N-ethyl adjacent to an activating group) is 2. The van der Waals surface area contributed by atoms with Gasteiger partial charge in [0, 0.05) is 31.6 Å². The van der Waals surface area contributed by atoms with Gasteiger partial charge in [-0.05, 0) is 20.8 Å². The summed E-state index contributed by atoms with van der Waals surface area (Å²) < 4.78 is 0. The van der Waals surface area contributed by atoms with Crippen LogP contribution in [0.1, 0.15) is 45.0 Å². The van der Waals surface area contributed by atoms with Gasteiger partial charge in [0.05, 0.1) is 6.54 Å². The quantitative estimate of drug-likeness (QED) is 0.758. The van der Waals surface area contributed by atoms with Crippen LogP contribution in [0.3, 0.4) is 0 Å². The normalized spacial score (nSPS) is 10.9. The average molecular weight is 313 g/mol. The van der Waals surface area contributed by atoms with Crippen LogP contribution in [0.25, 0.3) is 0 Å². The third-order valence-corrected chi connectivity index (χ3v) is 3.81. The van der Waals surface area contributed by atoms with Crippen molar-refractivity contribution in [2.75, 3.05) is 31.6 Å². The first kappa shape index (κ1) is 17.7. The molecular formula is C15H25ClN4O. The van der Waals surface area contributed by atoms with Gasteiger partial charge < -0.3 is 9.80 Å². The van der Waals surface area contributed by atoms with E-state index in [1.54, 1.807) is 4.90 Å². The van der Waals surface area contributed by atoms with E-state index in [-0.39, 0.29) is 18.4 Å². The van der Waals surface area contributed by atoms with E-state index >= 15 is 0 Å². The van der Waals surface area contributed by atoms with E-state index in [4.69, 9.17) is 11.6 Å². The zero-order valence-corrected chi connectivity index (χ0v) is 14.5. The van der Waals surface area contributed by atoms with Crippen molar-refractivity contribution in [1.29, 1.82) is 0 Å². The van der Waals surface area contributed by atoms with Crippen LogP contribution >= 0.6 is 11.6 Å². The van der Waals surface area contributed by atoms with E-state index in [2.05, 4.69) is 9.97 Å². The average Bonchev–Trinajstić information content (AvgIpc) is 2.42. The zero-order valence-electron chi connectivity index (χ0n) is 13.8. The molecule has 0 atom stereocenters. The van der Waals surface area contributed by atoms with Gasteiger partial charge in [-0.2, -0.15) is 0 Å². The van der Waals surface area contributed by atoms with Gasteiger partial charge in [0.2, 0.25) is 5.91 Å². The van der Waals surface area contributed by atoms with Crippen molar-refractivity contribution in [2.45, 2.75) is 40.5 Å². The lowest BCUT2D eigenvalue weighted by Crippen LogP contribution is -2.39. The minimum Gasteiger partial charge on any atom is -0.350 e. The number of rotatable bonds is 6. The predicted molar refractivity (Wildman–Crippen MR) is 87.1 cm³/mol. The van der Waals surface area contributed by atoms with Gasteiger partial charge in [-0.3, -0.25) is 4.79 Å². The molecule has 0 spiro atoms. The van der Waals surface area contributed by atoms with Gasteiger partial charge >= 0.3 is 0 Å². The molecule has 1 aromatic heterocycles. The topological polar surface area (TPSA) is 49.3 Å². The maximum Gasteiger partial charge on any atom is 0.242 e. The molecule has 0 fully saturated rings. The Morgan fingerprint density at radius 1 is 1.24 bits per heavy atom. The van der Waals surface area contributed by atoms with Crippen LogP contribution in [0, 0.1) is 6.92 Å². The fourth-order valence-corrected chi connectivity index (χ4v) is 2.25. The summed E-state index contributed by atoms with van der Waals surface area (Å²) in [4.78, 5) is 24.7. The molecular weight excluding hydrogens is 288 g/mol. The van der Waals surface area contributed by atoms with Gasteiger partial charge in [-0.15, -0.1) is 0 Å². The standard InChI is InChI=1S/C15H25ClN4O/c1-7-20(8-2)12(21)9-19(6)15-11(5)13(16)17-14(18-15)10(3)4/h10H,7-9H2,1-6H3. The lowest BCUT2D eigenvalue weighted by atomic mass is 10.2. The van der Waals surface area contributed by atoms with Crippen molar-refractivity contribution < 1.29 is 4.79 Å². The highest BCUT2D eigenvalue weighted by Crippen LogP contribution is 2.25. The van der Waals surface area contributed by atoms with E-state index < -0.39 is 0 Å². The van der Waals surface area contributed by atoms with Crippen molar-refractivity contribution in [1.82, 2.24) is 14.9 Å². The Hall–Kier alpha value is -1.36. The summed E-state index contributed by atoms with van der Waals surface area (Å²) in [5, 5.41) is 0.450. The second-order valence-electron chi connectivity index (χ2n) is 5.40. The Kier molecular flexibility index (Phi) is 6.40. The Morgan fingerprint density at radius 2 is 1.81 bits per heavy atom. The summed E-state index contributed by atoms with van der Waals surface area (Å²) in [5.74, 6) is 1.69. The maximum atomic E-state index is 12.2. The largest absolute Gasteiger partial charge is 0.350 e. The maximum absolute atomic E-state index is 12.2. The number of carbonyl (C=O) groups is 1. The highest BCUT2D eigenvalue weighted by Gasteiger charge is 2.18. The molecule has 21 heavy (non-hydrogen) atoms. The van der Waals surface area contributed by atoms with Gasteiger partial charge in [0.15, 0.2) is 0 Å². The second-order valence-corrected chi connectivity index (χ2v) is 5.76. The van der Waals surface area contributed by atoms with E-state index in [9.17, 15) is 4.79 Å². The third-order valence-electron chi connectivity index (χ3n) is 3.44. The molecule has 0 saturated heterocycles. The predicted octanol–water partition coefficient (Wildman–Crippen LogP) is 2.87. The molecule has 118 valence electrons. The number of nitrogens with zero attached hydrogens (tertiary/aromatic N) is 4. The van der Waals surface area contributed by atoms with Gasteiger partial charge in [-0.1, -0.05) is 25.4 Å². The van der Waals surface area contributed by atoms with Gasteiger partial charge in [-0.25, -0.2) is 9.97 Å². The summed E-state index contributed by atoms with van der Waals surface area (Å²) in [5.41, 5.74) is 0.802. The Labute approximate surface area is 132 Å². The van der Waals surface area contributed by atoms with E-state index in [0.29, 0.717) is 24.1 Å². The monoisotopic (exact) mass is 312 g/mol. The molecule has 1 aromatic rings. The fraction of sp³-hybridized carbons (Fsp3) is 0.667. The molecule has 1 heterocycles. The zero-order chi connectivity index (χ0) is 16.2. The number of amides is 1. The summed E-state index contributed by atoms with van der Waals surface area (Å²) in [6, 6.07) is 0. The molecule has 1 amide bonds. The Morgan fingerprint density at radius 3 is 2.29 bits per heavy atom. The highest BCUT2D eigenvalue weighted by atomic mass is 35.5. The Bertz CT molecular complexity index is 501. The van der Waals surface area contributed by atoms with Crippen molar-refractivity contribution in [3.63, 3.8) is 0 Å². The van der Waals surface area contributed by atoms with Crippen LogP contribution in [-0.4, -0.2) is 47.5 Å². The summed E-state index contributed by atoms with van der Waals surface area (Å²) in [6.07, 6.45) is 0. The molecule has 0 unspecified atom stereocenters. The SMILES string of the molecule is CCN(CC)C(=O)CN(C)c1nc(C(C)C)nc(Cl)c1C. The highest BCUT2D eigenvalue weighted by molar-refractivity contribution is 6.30. The van der Waals surface area contributed by atoms with Crippen LogP contribution < -0.4 is 4.90 Å². The summed E-state index contributed by atoms with van der Waals surface area (Å²) in [7, 11) is 1.86. The van der Waals surface area contributed by atoms with E-state index in [0.717, 1.165) is 11.4 Å². The number of hydrogen-bond acceptors (Lipinski definition) is 4. The van der Waals surface area contributed by atoms with Crippen molar-refractivity contribution in [2.24, 2.45) is 0 Å². The number of carbonyl (C=O) groups excluding carboxylic acids is 1. The number of anilines is 1. The number of halogens is 1. The van der Waals surface area contributed by atoms with Crippen LogP contribution in [0.4, 0.5) is 5.82 Å². The minimum absolute atomic E-state index is 0.0859. The molecule has 5 nitrogen and oxygen atoms in total. The van der Waals surface area contributed by atoms with Crippen LogP contribution in [0.15, 0.2) is 0 Å². The van der Waals surface area contributed by atoms with Gasteiger partial charge in [0.25, 0.3) is 0 Å². The molecule has 0 aliphatic heterocycles. The van der Waals surface area contributed by atoms with Crippen LogP contribution in [-0.2, 0) is 4.79 Å². The lowest BCUT2D eigenvalue weighted by molar-refractivity contribution is -0.129. The number of aromatic nitrogens is 2. The fourth-order valence-electron chi connectivity index (χ4n) is 2.08. The molecule has 0 saturated carbocycles. The smallest absolute Gasteiger partial charge is 0.242 e. The van der Waals surface area contributed by atoms with Crippen molar-refractivity contribution >= 4 is 23.3 Å². The molecule has 0 N–H and O–H groups in total. The first-order chi connectivity index (χ1) is 9.81. The molecule has 0 radical (unpaired) electrons. The molecule has 0 aliphatic carbocycles. The first-order valence-electron chi connectivity index (χ1n) is 7.34. The van der Waals surface area contributed by atoms with E-state index in [1.807, 2.05) is 46.6 Å². The van der Waals surface area contributed by atoms with Gasteiger partial charge in [0.1, 0.15) is 16.8 Å². The first-order valence-corrected chi connectivity index (χ1v) is 7.72.